The average Bonchev–Trinajstić information content (AvgIpc) is 1.96. The van der Waals surface area contributed by atoms with Crippen molar-refractivity contribution in [2.24, 2.45) is 0 Å². The number of hydrogen-bond donors (Lipinski definition) is 3. The van der Waals surface area contributed by atoms with E-state index in [9.17, 15) is 4.79 Å². The SMILES string of the molecule is Cc1cc(N)c(N)c(C(=O)O)c1. The van der Waals surface area contributed by atoms with Crippen LogP contribution in [0.3, 0.4) is 0 Å². The molecule has 0 atom stereocenters. The molecule has 64 valence electrons. The fraction of sp³-hybridized carbons (Fsp3) is 0.125. The summed E-state index contributed by atoms with van der Waals surface area (Å²) in [6.07, 6.45) is 0. The minimum absolute atomic E-state index is 0.0625. The second kappa shape index (κ2) is 2.73. The van der Waals surface area contributed by atoms with Gasteiger partial charge in [0.2, 0.25) is 0 Å². The van der Waals surface area contributed by atoms with Gasteiger partial charge in [-0.2, -0.15) is 0 Å². The molecule has 1 rings (SSSR count). The lowest BCUT2D eigenvalue weighted by atomic mass is 10.1. The highest BCUT2D eigenvalue weighted by atomic mass is 16.4. The maximum Gasteiger partial charge on any atom is 0.337 e. The summed E-state index contributed by atoms with van der Waals surface area (Å²) in [5, 5.41) is 8.68. The first-order valence-electron chi connectivity index (χ1n) is 3.41. The lowest BCUT2D eigenvalue weighted by Crippen LogP contribution is -2.05. The Balaban J connectivity index is 3.37. The Labute approximate surface area is 69.8 Å². The maximum absolute atomic E-state index is 10.6. The highest BCUT2D eigenvalue weighted by Gasteiger charge is 2.10. The summed E-state index contributed by atoms with van der Waals surface area (Å²) >= 11 is 0. The van der Waals surface area contributed by atoms with Crippen molar-refractivity contribution in [1.82, 2.24) is 0 Å². The molecule has 0 saturated carbocycles. The number of nitrogen functional groups attached to an aromatic ring is 2. The van der Waals surface area contributed by atoms with Crippen molar-refractivity contribution >= 4 is 17.3 Å². The number of carbonyl (C=O) groups is 1. The van der Waals surface area contributed by atoms with Crippen molar-refractivity contribution in [1.29, 1.82) is 0 Å². The first-order chi connectivity index (χ1) is 5.52. The Morgan fingerprint density at radius 3 is 2.50 bits per heavy atom. The number of hydrogen-bond acceptors (Lipinski definition) is 3. The van der Waals surface area contributed by atoms with Crippen LogP contribution < -0.4 is 11.5 Å². The van der Waals surface area contributed by atoms with Crippen molar-refractivity contribution in [2.75, 3.05) is 11.5 Å². The van der Waals surface area contributed by atoms with Crippen molar-refractivity contribution in [3.05, 3.63) is 23.3 Å². The number of benzene rings is 1. The highest BCUT2D eigenvalue weighted by molar-refractivity contribution is 5.97. The molecule has 0 saturated heterocycles. The zero-order valence-electron chi connectivity index (χ0n) is 6.66. The molecule has 0 heterocycles. The van der Waals surface area contributed by atoms with E-state index in [-0.39, 0.29) is 11.3 Å². The fourth-order valence-electron chi connectivity index (χ4n) is 1.00. The van der Waals surface area contributed by atoms with E-state index >= 15 is 0 Å². The van der Waals surface area contributed by atoms with Crippen LogP contribution in [0.25, 0.3) is 0 Å². The highest BCUT2D eigenvalue weighted by Crippen LogP contribution is 2.21. The van der Waals surface area contributed by atoms with Gasteiger partial charge in [-0.05, 0) is 24.6 Å². The van der Waals surface area contributed by atoms with Crippen LogP contribution in [0.1, 0.15) is 15.9 Å². The number of carboxylic acid groups (broad SMARTS) is 1. The van der Waals surface area contributed by atoms with Crippen molar-refractivity contribution in [3.8, 4) is 0 Å². The Morgan fingerprint density at radius 2 is 2.00 bits per heavy atom. The molecule has 4 nitrogen and oxygen atoms in total. The molecule has 1 aromatic carbocycles. The lowest BCUT2D eigenvalue weighted by Gasteiger charge is -2.05. The van der Waals surface area contributed by atoms with Gasteiger partial charge in [-0.3, -0.25) is 0 Å². The third kappa shape index (κ3) is 1.32. The summed E-state index contributed by atoms with van der Waals surface area (Å²) in [5.74, 6) is -1.05. The molecule has 0 aliphatic heterocycles. The van der Waals surface area contributed by atoms with Crippen LogP contribution in [0.4, 0.5) is 11.4 Å². The molecule has 0 radical (unpaired) electrons. The summed E-state index contributed by atoms with van der Waals surface area (Å²) in [4.78, 5) is 10.6. The van der Waals surface area contributed by atoms with E-state index in [0.717, 1.165) is 5.56 Å². The average molecular weight is 166 g/mol. The van der Waals surface area contributed by atoms with Gasteiger partial charge in [0.15, 0.2) is 0 Å². The first-order valence-corrected chi connectivity index (χ1v) is 3.41. The third-order valence-corrected chi connectivity index (χ3v) is 1.59. The molecule has 0 unspecified atom stereocenters. The summed E-state index contributed by atoms with van der Waals surface area (Å²) < 4.78 is 0. The minimum atomic E-state index is -1.05. The smallest absolute Gasteiger partial charge is 0.337 e. The first kappa shape index (κ1) is 8.39. The molecule has 0 aliphatic carbocycles. The van der Waals surface area contributed by atoms with Gasteiger partial charge in [-0.25, -0.2) is 4.79 Å². The second-order valence-corrected chi connectivity index (χ2v) is 2.62. The van der Waals surface area contributed by atoms with Crippen LogP contribution >= 0.6 is 0 Å². The standard InChI is InChI=1S/C8H10N2O2/c1-4-2-5(8(11)12)7(10)6(9)3-4/h2-3H,9-10H2,1H3,(H,11,12). The van der Waals surface area contributed by atoms with Crippen LogP contribution in [0.5, 0.6) is 0 Å². The van der Waals surface area contributed by atoms with E-state index < -0.39 is 5.97 Å². The van der Waals surface area contributed by atoms with Crippen LogP contribution in [-0.4, -0.2) is 11.1 Å². The van der Waals surface area contributed by atoms with Gasteiger partial charge in [-0.1, -0.05) is 0 Å². The van der Waals surface area contributed by atoms with Gasteiger partial charge in [0.05, 0.1) is 16.9 Å². The normalized spacial score (nSPS) is 9.75. The maximum atomic E-state index is 10.6. The molecule has 5 N–H and O–H groups in total. The third-order valence-electron chi connectivity index (χ3n) is 1.59. The summed E-state index contributed by atoms with van der Waals surface area (Å²) in [5.41, 5.74) is 12.2. The van der Waals surface area contributed by atoms with Crippen molar-refractivity contribution in [3.63, 3.8) is 0 Å². The van der Waals surface area contributed by atoms with Gasteiger partial charge in [-0.15, -0.1) is 0 Å². The number of anilines is 2. The van der Waals surface area contributed by atoms with Crippen molar-refractivity contribution < 1.29 is 9.90 Å². The molecule has 0 amide bonds. The van der Waals surface area contributed by atoms with Crippen LogP contribution in [-0.2, 0) is 0 Å². The fourth-order valence-corrected chi connectivity index (χ4v) is 1.00. The van der Waals surface area contributed by atoms with E-state index in [1.165, 1.54) is 6.07 Å². The topological polar surface area (TPSA) is 89.3 Å². The van der Waals surface area contributed by atoms with Crippen LogP contribution in [0.15, 0.2) is 12.1 Å². The molecule has 12 heavy (non-hydrogen) atoms. The lowest BCUT2D eigenvalue weighted by molar-refractivity contribution is 0.0698. The predicted molar refractivity (Wildman–Crippen MR) is 47.0 cm³/mol. The molecule has 0 fully saturated rings. The summed E-state index contributed by atoms with van der Waals surface area (Å²) in [7, 11) is 0. The largest absolute Gasteiger partial charge is 0.478 e. The van der Waals surface area contributed by atoms with Crippen LogP contribution in [0, 0.1) is 6.92 Å². The van der Waals surface area contributed by atoms with E-state index in [1.807, 2.05) is 0 Å². The van der Waals surface area contributed by atoms with E-state index in [4.69, 9.17) is 16.6 Å². The number of aryl methyl sites for hydroxylation is 1. The quantitative estimate of drug-likeness (QED) is 0.540. The molecule has 1 aromatic rings. The number of carboxylic acids is 1. The molecule has 0 aromatic heterocycles. The Hall–Kier alpha value is -1.71. The Bertz CT molecular complexity index is 334. The predicted octanol–water partition coefficient (Wildman–Crippen LogP) is 0.858. The zero-order chi connectivity index (χ0) is 9.30. The van der Waals surface area contributed by atoms with Gasteiger partial charge in [0.25, 0.3) is 0 Å². The number of aromatic carboxylic acids is 1. The van der Waals surface area contributed by atoms with Gasteiger partial charge >= 0.3 is 5.97 Å². The molecular weight excluding hydrogens is 156 g/mol. The van der Waals surface area contributed by atoms with E-state index in [0.29, 0.717) is 5.69 Å². The minimum Gasteiger partial charge on any atom is -0.478 e. The summed E-state index contributed by atoms with van der Waals surface area (Å²) in [6, 6.07) is 3.13. The Morgan fingerprint density at radius 1 is 1.42 bits per heavy atom. The molecule has 0 aliphatic rings. The zero-order valence-corrected chi connectivity index (χ0v) is 6.66. The van der Waals surface area contributed by atoms with Crippen LogP contribution in [0.2, 0.25) is 0 Å². The van der Waals surface area contributed by atoms with Crippen molar-refractivity contribution in [2.45, 2.75) is 6.92 Å². The number of rotatable bonds is 1. The number of nitrogens with two attached hydrogens (primary N) is 2. The Kier molecular flexibility index (Phi) is 1.91. The molecule has 0 spiro atoms. The monoisotopic (exact) mass is 166 g/mol. The van der Waals surface area contributed by atoms with E-state index in [1.54, 1.807) is 13.0 Å². The van der Waals surface area contributed by atoms with E-state index in [2.05, 4.69) is 0 Å². The molecular formula is C8H10N2O2. The van der Waals surface area contributed by atoms with Gasteiger partial charge in [0.1, 0.15) is 0 Å². The second-order valence-electron chi connectivity index (χ2n) is 2.62. The molecule has 0 bridgehead atoms. The van der Waals surface area contributed by atoms with Gasteiger partial charge in [0, 0.05) is 0 Å². The van der Waals surface area contributed by atoms with Gasteiger partial charge < -0.3 is 16.6 Å². The summed E-state index contributed by atoms with van der Waals surface area (Å²) in [6.45, 7) is 1.77. The molecule has 4 heteroatoms.